The van der Waals surface area contributed by atoms with Gasteiger partial charge in [0.15, 0.2) is 0 Å². The molecule has 82 valence electrons. The fourth-order valence-corrected chi connectivity index (χ4v) is 1.72. The number of nitrogens with zero attached hydrogens (tertiary/aromatic N) is 2. The third-order valence-corrected chi connectivity index (χ3v) is 2.62. The summed E-state index contributed by atoms with van der Waals surface area (Å²) in [5, 5.41) is 3.31. The molecule has 0 saturated carbocycles. The van der Waals surface area contributed by atoms with E-state index in [0.29, 0.717) is 6.04 Å². The van der Waals surface area contributed by atoms with Crippen LogP contribution in [-0.2, 0) is 6.42 Å². The molecule has 1 N–H and O–H groups in total. The second-order valence-electron chi connectivity index (χ2n) is 3.69. The third-order valence-electron chi connectivity index (χ3n) is 2.62. The lowest BCUT2D eigenvalue weighted by molar-refractivity contribution is 0.589. The second-order valence-corrected chi connectivity index (χ2v) is 3.69. The zero-order valence-electron chi connectivity index (χ0n) is 9.30. The average Bonchev–Trinajstić information content (AvgIpc) is 2.38. The molecule has 2 heterocycles. The molecule has 0 aliphatic carbocycles. The van der Waals surface area contributed by atoms with Crippen LogP contribution < -0.4 is 5.32 Å². The lowest BCUT2D eigenvalue weighted by Crippen LogP contribution is -2.18. The van der Waals surface area contributed by atoms with Gasteiger partial charge in [-0.3, -0.25) is 9.97 Å². The van der Waals surface area contributed by atoms with Crippen LogP contribution in [-0.4, -0.2) is 17.0 Å². The van der Waals surface area contributed by atoms with Gasteiger partial charge in [-0.25, -0.2) is 0 Å². The van der Waals surface area contributed by atoms with E-state index in [-0.39, 0.29) is 0 Å². The Kier molecular flexibility index (Phi) is 3.62. The Morgan fingerprint density at radius 2 is 1.94 bits per heavy atom. The highest BCUT2D eigenvalue weighted by molar-refractivity contribution is 5.19. The monoisotopic (exact) mass is 213 g/mol. The summed E-state index contributed by atoms with van der Waals surface area (Å²) in [7, 11) is 1.97. The first-order valence-corrected chi connectivity index (χ1v) is 5.36. The lowest BCUT2D eigenvalue weighted by atomic mass is 10.0. The van der Waals surface area contributed by atoms with Crippen LogP contribution in [0.1, 0.15) is 17.2 Å². The molecule has 0 aliphatic heterocycles. The van der Waals surface area contributed by atoms with Crippen LogP contribution >= 0.6 is 0 Å². The van der Waals surface area contributed by atoms with E-state index in [1.807, 2.05) is 43.8 Å². The van der Waals surface area contributed by atoms with E-state index in [4.69, 9.17) is 0 Å². The van der Waals surface area contributed by atoms with Gasteiger partial charge in [0.25, 0.3) is 0 Å². The summed E-state index contributed by atoms with van der Waals surface area (Å²) >= 11 is 0. The molecule has 3 nitrogen and oxygen atoms in total. The zero-order valence-corrected chi connectivity index (χ0v) is 9.30. The molecule has 16 heavy (non-hydrogen) atoms. The standard InChI is InChI=1S/C13H15N3/c1-14-13(12-3-2-6-16-10-12)9-11-4-7-15-8-5-11/h2-8,10,13-14H,9H2,1H3. The van der Waals surface area contributed by atoms with Crippen molar-refractivity contribution in [1.29, 1.82) is 0 Å². The van der Waals surface area contributed by atoms with Gasteiger partial charge in [0, 0.05) is 30.8 Å². The Bertz CT molecular complexity index is 414. The number of hydrogen-bond donors (Lipinski definition) is 1. The Morgan fingerprint density at radius 3 is 2.56 bits per heavy atom. The zero-order chi connectivity index (χ0) is 11.2. The van der Waals surface area contributed by atoms with Crippen LogP contribution in [0, 0.1) is 0 Å². The predicted octanol–water partition coefficient (Wildman–Crippen LogP) is 1.98. The minimum Gasteiger partial charge on any atom is -0.313 e. The van der Waals surface area contributed by atoms with Crippen LogP contribution in [0.3, 0.4) is 0 Å². The summed E-state index contributed by atoms with van der Waals surface area (Å²) in [6.45, 7) is 0. The third kappa shape index (κ3) is 2.64. The molecule has 2 rings (SSSR count). The van der Waals surface area contributed by atoms with Crippen LogP contribution in [0.2, 0.25) is 0 Å². The molecule has 2 aromatic heterocycles. The highest BCUT2D eigenvalue weighted by Gasteiger charge is 2.09. The molecule has 0 spiro atoms. The summed E-state index contributed by atoms with van der Waals surface area (Å²) in [5.74, 6) is 0. The van der Waals surface area contributed by atoms with E-state index in [1.54, 1.807) is 6.20 Å². The molecule has 0 fully saturated rings. The SMILES string of the molecule is CNC(Cc1ccncc1)c1cccnc1. The molecule has 1 atom stereocenters. The molecule has 0 radical (unpaired) electrons. The van der Waals surface area contributed by atoms with Gasteiger partial charge in [0.05, 0.1) is 0 Å². The Labute approximate surface area is 95.6 Å². The van der Waals surface area contributed by atoms with Crippen molar-refractivity contribution in [2.24, 2.45) is 0 Å². The van der Waals surface area contributed by atoms with Crippen LogP contribution in [0.4, 0.5) is 0 Å². The quantitative estimate of drug-likeness (QED) is 0.844. The molecule has 0 saturated heterocycles. The predicted molar refractivity (Wildman–Crippen MR) is 64.0 cm³/mol. The van der Waals surface area contributed by atoms with Crippen LogP contribution in [0.15, 0.2) is 49.1 Å². The number of pyridine rings is 2. The molecular formula is C13H15N3. The van der Waals surface area contributed by atoms with E-state index in [9.17, 15) is 0 Å². The van der Waals surface area contributed by atoms with E-state index >= 15 is 0 Å². The first kappa shape index (κ1) is 10.8. The maximum absolute atomic E-state index is 4.14. The van der Waals surface area contributed by atoms with Gasteiger partial charge in [-0.2, -0.15) is 0 Å². The van der Waals surface area contributed by atoms with E-state index in [0.717, 1.165) is 6.42 Å². The number of nitrogens with one attached hydrogen (secondary N) is 1. The van der Waals surface area contributed by atoms with Crippen molar-refractivity contribution in [3.8, 4) is 0 Å². The van der Waals surface area contributed by atoms with E-state index in [1.165, 1.54) is 11.1 Å². The Hall–Kier alpha value is -1.74. The van der Waals surface area contributed by atoms with E-state index < -0.39 is 0 Å². The van der Waals surface area contributed by atoms with Crippen molar-refractivity contribution in [2.75, 3.05) is 7.05 Å². The first-order chi connectivity index (χ1) is 7.90. The minimum absolute atomic E-state index is 0.302. The summed E-state index contributed by atoms with van der Waals surface area (Å²) in [6, 6.07) is 8.44. The van der Waals surface area contributed by atoms with Crippen LogP contribution in [0.25, 0.3) is 0 Å². The number of likely N-dealkylation sites (N-methyl/N-ethyl adjacent to an activating group) is 1. The van der Waals surface area contributed by atoms with Crippen molar-refractivity contribution in [3.05, 3.63) is 60.2 Å². The Balaban J connectivity index is 2.13. The molecule has 0 aliphatic rings. The van der Waals surface area contributed by atoms with Crippen molar-refractivity contribution in [1.82, 2.24) is 15.3 Å². The molecule has 2 aromatic rings. The molecule has 3 heteroatoms. The molecule has 0 bridgehead atoms. The smallest absolute Gasteiger partial charge is 0.0373 e. The Morgan fingerprint density at radius 1 is 1.12 bits per heavy atom. The summed E-state index contributed by atoms with van der Waals surface area (Å²) in [4.78, 5) is 8.16. The molecule has 0 aromatic carbocycles. The molecule has 1 unspecified atom stereocenters. The van der Waals surface area contributed by atoms with Crippen LogP contribution in [0.5, 0.6) is 0 Å². The van der Waals surface area contributed by atoms with Crippen molar-refractivity contribution in [2.45, 2.75) is 12.5 Å². The number of rotatable bonds is 4. The molecular weight excluding hydrogens is 198 g/mol. The summed E-state index contributed by atoms with van der Waals surface area (Å²) in [6.07, 6.45) is 8.30. The fourth-order valence-electron chi connectivity index (χ4n) is 1.72. The van der Waals surface area contributed by atoms with Gasteiger partial charge in [0.1, 0.15) is 0 Å². The van der Waals surface area contributed by atoms with Gasteiger partial charge in [-0.1, -0.05) is 6.07 Å². The van der Waals surface area contributed by atoms with Crippen molar-refractivity contribution >= 4 is 0 Å². The van der Waals surface area contributed by atoms with Gasteiger partial charge in [-0.05, 0) is 42.8 Å². The van der Waals surface area contributed by atoms with Crippen molar-refractivity contribution in [3.63, 3.8) is 0 Å². The topological polar surface area (TPSA) is 37.8 Å². The second kappa shape index (κ2) is 5.37. The van der Waals surface area contributed by atoms with Gasteiger partial charge >= 0.3 is 0 Å². The summed E-state index contributed by atoms with van der Waals surface area (Å²) in [5.41, 5.74) is 2.49. The van der Waals surface area contributed by atoms with Crippen molar-refractivity contribution < 1.29 is 0 Å². The minimum atomic E-state index is 0.302. The maximum atomic E-state index is 4.14. The number of aromatic nitrogens is 2. The first-order valence-electron chi connectivity index (χ1n) is 5.36. The average molecular weight is 213 g/mol. The highest BCUT2D eigenvalue weighted by Crippen LogP contribution is 2.16. The molecule has 0 amide bonds. The van der Waals surface area contributed by atoms with E-state index in [2.05, 4.69) is 21.4 Å². The fraction of sp³-hybridized carbons (Fsp3) is 0.231. The summed E-state index contributed by atoms with van der Waals surface area (Å²) < 4.78 is 0. The van der Waals surface area contributed by atoms with Gasteiger partial charge in [0.2, 0.25) is 0 Å². The lowest BCUT2D eigenvalue weighted by Gasteiger charge is -2.15. The maximum Gasteiger partial charge on any atom is 0.0373 e. The normalized spacial score (nSPS) is 12.3. The van der Waals surface area contributed by atoms with Gasteiger partial charge in [-0.15, -0.1) is 0 Å². The largest absolute Gasteiger partial charge is 0.313 e. The van der Waals surface area contributed by atoms with Gasteiger partial charge < -0.3 is 5.32 Å². The number of hydrogen-bond acceptors (Lipinski definition) is 3. The highest BCUT2D eigenvalue weighted by atomic mass is 14.9.